The van der Waals surface area contributed by atoms with Crippen molar-refractivity contribution in [3.05, 3.63) is 60.2 Å². The molecule has 3 heteroatoms. The highest BCUT2D eigenvalue weighted by molar-refractivity contribution is 5.33. The molecule has 21 heavy (non-hydrogen) atoms. The second-order valence-electron chi connectivity index (χ2n) is 5.88. The van der Waals surface area contributed by atoms with Crippen LogP contribution in [0.4, 0.5) is 0 Å². The molecule has 0 saturated heterocycles. The summed E-state index contributed by atoms with van der Waals surface area (Å²) in [6.45, 7) is 5.09. The van der Waals surface area contributed by atoms with Crippen molar-refractivity contribution in [3.8, 4) is 11.5 Å². The fraction of sp³-hybridized carbons (Fsp3) is 0.333. The van der Waals surface area contributed by atoms with Gasteiger partial charge in [0, 0.05) is 5.41 Å². The molecule has 0 bridgehead atoms. The molecule has 0 saturated carbocycles. The topological polar surface area (TPSA) is 38.7 Å². The minimum absolute atomic E-state index is 0.115. The Morgan fingerprint density at radius 2 is 1.67 bits per heavy atom. The molecule has 0 heterocycles. The van der Waals surface area contributed by atoms with Gasteiger partial charge in [0.05, 0.1) is 19.8 Å². The van der Waals surface area contributed by atoms with E-state index in [1.54, 1.807) is 0 Å². The lowest BCUT2D eigenvalue weighted by Gasteiger charge is -2.21. The monoisotopic (exact) mass is 286 g/mol. The van der Waals surface area contributed by atoms with Crippen molar-refractivity contribution in [3.63, 3.8) is 0 Å². The van der Waals surface area contributed by atoms with Gasteiger partial charge in [-0.3, -0.25) is 0 Å². The van der Waals surface area contributed by atoms with Crippen molar-refractivity contribution < 1.29 is 14.6 Å². The predicted octanol–water partition coefficient (Wildman–Crippen LogP) is 4.01. The molecule has 2 aromatic rings. The van der Waals surface area contributed by atoms with Crippen molar-refractivity contribution in [1.82, 2.24) is 0 Å². The third kappa shape index (κ3) is 5.21. The number of aliphatic hydroxyl groups is 1. The molecule has 0 aliphatic heterocycles. The fourth-order valence-corrected chi connectivity index (χ4v) is 1.81. The third-order valence-electron chi connectivity index (χ3n) is 3.07. The largest absolute Gasteiger partial charge is 0.457 e. The fourth-order valence-electron chi connectivity index (χ4n) is 1.81. The maximum atomic E-state index is 9.20. The Morgan fingerprint density at radius 3 is 2.38 bits per heavy atom. The van der Waals surface area contributed by atoms with Crippen LogP contribution in [0, 0.1) is 5.41 Å². The van der Waals surface area contributed by atoms with Crippen molar-refractivity contribution in [2.75, 3.05) is 13.2 Å². The first kappa shape index (κ1) is 15.5. The molecule has 0 unspecified atom stereocenters. The molecule has 0 aliphatic rings. The molecule has 3 nitrogen and oxygen atoms in total. The second kappa shape index (κ2) is 7.25. The molecule has 0 spiro atoms. The molecular weight excluding hydrogens is 264 g/mol. The van der Waals surface area contributed by atoms with Gasteiger partial charge >= 0.3 is 0 Å². The van der Waals surface area contributed by atoms with E-state index in [1.807, 2.05) is 68.4 Å². The Hall–Kier alpha value is -1.84. The molecule has 112 valence electrons. The van der Waals surface area contributed by atoms with E-state index in [9.17, 15) is 5.11 Å². The lowest BCUT2D eigenvalue weighted by Crippen LogP contribution is -2.23. The van der Waals surface area contributed by atoms with E-state index in [-0.39, 0.29) is 12.0 Å². The number of benzene rings is 2. The van der Waals surface area contributed by atoms with Crippen LogP contribution in [0.3, 0.4) is 0 Å². The van der Waals surface area contributed by atoms with E-state index < -0.39 is 0 Å². The van der Waals surface area contributed by atoms with E-state index in [2.05, 4.69) is 0 Å². The van der Waals surface area contributed by atoms with Gasteiger partial charge in [-0.1, -0.05) is 44.2 Å². The quantitative estimate of drug-likeness (QED) is 0.835. The highest BCUT2D eigenvalue weighted by Gasteiger charge is 2.16. The molecule has 1 N–H and O–H groups in total. The van der Waals surface area contributed by atoms with Gasteiger partial charge in [0.25, 0.3) is 0 Å². The number of ether oxygens (including phenoxy) is 2. The van der Waals surface area contributed by atoms with E-state index in [1.165, 1.54) is 0 Å². The molecule has 0 radical (unpaired) electrons. The van der Waals surface area contributed by atoms with Crippen LogP contribution >= 0.6 is 0 Å². The Labute approximate surface area is 126 Å². The number of hydrogen-bond donors (Lipinski definition) is 1. The number of rotatable bonds is 7. The average molecular weight is 286 g/mol. The van der Waals surface area contributed by atoms with E-state index in [0.717, 1.165) is 17.1 Å². The summed E-state index contributed by atoms with van der Waals surface area (Å²) in [6.07, 6.45) is 0. The lowest BCUT2D eigenvalue weighted by molar-refractivity contribution is 0.0197. The van der Waals surface area contributed by atoms with Crippen LogP contribution in [0.5, 0.6) is 11.5 Å². The average Bonchev–Trinajstić information content (AvgIpc) is 2.48. The van der Waals surface area contributed by atoms with Crippen molar-refractivity contribution in [2.45, 2.75) is 20.5 Å². The smallest absolute Gasteiger partial charge is 0.127 e. The SMILES string of the molecule is CC(C)(CO)COCc1cccc(Oc2ccccc2)c1. The van der Waals surface area contributed by atoms with Crippen LogP contribution in [0.1, 0.15) is 19.4 Å². The summed E-state index contributed by atoms with van der Waals surface area (Å²) in [5, 5.41) is 9.20. The van der Waals surface area contributed by atoms with Gasteiger partial charge in [0.1, 0.15) is 11.5 Å². The van der Waals surface area contributed by atoms with Crippen LogP contribution in [-0.4, -0.2) is 18.3 Å². The Kier molecular flexibility index (Phi) is 5.37. The zero-order chi connectivity index (χ0) is 15.1. The van der Waals surface area contributed by atoms with Gasteiger partial charge in [0.15, 0.2) is 0 Å². The van der Waals surface area contributed by atoms with Crippen LogP contribution in [0.15, 0.2) is 54.6 Å². The third-order valence-corrected chi connectivity index (χ3v) is 3.07. The molecule has 0 atom stereocenters. The van der Waals surface area contributed by atoms with Gasteiger partial charge in [-0.05, 0) is 29.8 Å². The second-order valence-corrected chi connectivity index (χ2v) is 5.88. The summed E-state index contributed by atoms with van der Waals surface area (Å²) in [5.41, 5.74) is 0.843. The minimum Gasteiger partial charge on any atom is -0.457 e. The van der Waals surface area contributed by atoms with Gasteiger partial charge in [-0.15, -0.1) is 0 Å². The van der Waals surface area contributed by atoms with Crippen LogP contribution in [-0.2, 0) is 11.3 Å². The summed E-state index contributed by atoms with van der Waals surface area (Å²) in [4.78, 5) is 0. The van der Waals surface area contributed by atoms with E-state index in [4.69, 9.17) is 9.47 Å². The summed E-state index contributed by atoms with van der Waals surface area (Å²) in [7, 11) is 0. The van der Waals surface area contributed by atoms with Crippen LogP contribution in [0.2, 0.25) is 0 Å². The van der Waals surface area contributed by atoms with E-state index >= 15 is 0 Å². The molecule has 0 amide bonds. The number of aliphatic hydroxyl groups excluding tert-OH is 1. The summed E-state index contributed by atoms with van der Waals surface area (Å²) >= 11 is 0. The highest BCUT2D eigenvalue weighted by Crippen LogP contribution is 2.22. The summed E-state index contributed by atoms with van der Waals surface area (Å²) < 4.78 is 11.5. The maximum Gasteiger partial charge on any atom is 0.127 e. The molecule has 0 aliphatic carbocycles. The first-order valence-corrected chi connectivity index (χ1v) is 7.09. The van der Waals surface area contributed by atoms with Crippen molar-refractivity contribution in [2.24, 2.45) is 5.41 Å². The first-order valence-electron chi connectivity index (χ1n) is 7.09. The summed E-state index contributed by atoms with van der Waals surface area (Å²) in [6, 6.07) is 17.5. The summed E-state index contributed by atoms with van der Waals surface area (Å²) in [5.74, 6) is 1.61. The minimum atomic E-state index is -0.210. The van der Waals surface area contributed by atoms with E-state index in [0.29, 0.717) is 13.2 Å². The van der Waals surface area contributed by atoms with Crippen molar-refractivity contribution >= 4 is 0 Å². The zero-order valence-corrected chi connectivity index (χ0v) is 12.6. The normalized spacial score (nSPS) is 11.4. The van der Waals surface area contributed by atoms with Crippen LogP contribution < -0.4 is 4.74 Å². The predicted molar refractivity (Wildman–Crippen MR) is 83.5 cm³/mol. The maximum absolute atomic E-state index is 9.20. The molecule has 0 aromatic heterocycles. The Morgan fingerprint density at radius 1 is 0.952 bits per heavy atom. The van der Waals surface area contributed by atoms with Crippen molar-refractivity contribution in [1.29, 1.82) is 0 Å². The first-order chi connectivity index (χ1) is 10.1. The number of para-hydroxylation sites is 1. The molecular formula is C18H22O3. The van der Waals surface area contributed by atoms with Gasteiger partial charge in [0.2, 0.25) is 0 Å². The molecule has 2 aromatic carbocycles. The van der Waals surface area contributed by atoms with Gasteiger partial charge in [-0.2, -0.15) is 0 Å². The highest BCUT2D eigenvalue weighted by atomic mass is 16.5. The standard InChI is InChI=1S/C18H22O3/c1-18(2,13-19)14-20-12-15-7-6-10-17(11-15)21-16-8-4-3-5-9-16/h3-11,19H,12-14H2,1-2H3. The lowest BCUT2D eigenvalue weighted by atomic mass is 9.97. The number of hydrogen-bond acceptors (Lipinski definition) is 3. The molecule has 2 rings (SSSR count). The van der Waals surface area contributed by atoms with Gasteiger partial charge in [-0.25, -0.2) is 0 Å². The Bertz CT molecular complexity index is 549. The zero-order valence-electron chi connectivity index (χ0n) is 12.6. The molecule has 0 fully saturated rings. The Balaban J connectivity index is 1.92. The van der Waals surface area contributed by atoms with Crippen LogP contribution in [0.25, 0.3) is 0 Å². The van der Waals surface area contributed by atoms with Gasteiger partial charge < -0.3 is 14.6 Å².